The Bertz CT molecular complexity index is 575. The van der Waals surface area contributed by atoms with Gasteiger partial charge in [-0.2, -0.15) is 4.98 Å². The predicted octanol–water partition coefficient (Wildman–Crippen LogP) is 1.75. The molecule has 0 spiro atoms. The molecule has 0 radical (unpaired) electrons. The minimum absolute atomic E-state index is 0.420. The predicted molar refractivity (Wildman–Crippen MR) is 85.8 cm³/mol. The Hall–Kier alpha value is -1.48. The summed E-state index contributed by atoms with van der Waals surface area (Å²) in [6.07, 6.45) is 0.893. The molecule has 0 saturated carbocycles. The maximum Gasteiger partial charge on any atom is 0.240 e. The third kappa shape index (κ3) is 4.50. The number of nitrogens with one attached hydrogen (secondary N) is 2. The molecule has 8 heteroatoms. The van der Waals surface area contributed by atoms with Crippen LogP contribution in [0.1, 0.15) is 11.3 Å². The molecule has 0 amide bonds. The van der Waals surface area contributed by atoms with E-state index in [9.17, 15) is 0 Å². The van der Waals surface area contributed by atoms with Crippen molar-refractivity contribution in [2.45, 2.75) is 13.3 Å². The Labute approximate surface area is 127 Å². The van der Waals surface area contributed by atoms with Crippen molar-refractivity contribution in [2.75, 3.05) is 44.2 Å². The summed E-state index contributed by atoms with van der Waals surface area (Å²) in [4.78, 5) is 10.8. The molecule has 0 aliphatic heterocycles. The largest absolute Gasteiger partial charge is 0.382 e. The molecule has 7 nitrogen and oxygen atoms in total. The second kappa shape index (κ2) is 8.08. The number of aryl methyl sites for hydroxylation is 1. The monoisotopic (exact) mass is 311 g/mol. The van der Waals surface area contributed by atoms with Gasteiger partial charge in [0.25, 0.3) is 0 Å². The molecule has 21 heavy (non-hydrogen) atoms. The zero-order chi connectivity index (χ0) is 15.1. The molecule has 2 aromatic rings. The lowest BCUT2D eigenvalue weighted by molar-refractivity contribution is 0.0705. The van der Waals surface area contributed by atoms with Crippen LogP contribution in [0.25, 0.3) is 10.2 Å². The van der Waals surface area contributed by atoms with E-state index in [1.165, 1.54) is 4.88 Å². The minimum atomic E-state index is 0.420. The Balaban J connectivity index is 1.91. The first-order valence-electron chi connectivity index (χ1n) is 6.80. The van der Waals surface area contributed by atoms with E-state index in [4.69, 9.17) is 15.3 Å². The van der Waals surface area contributed by atoms with Crippen LogP contribution in [0, 0.1) is 6.92 Å². The van der Waals surface area contributed by atoms with Crippen LogP contribution < -0.4 is 16.6 Å². The van der Waals surface area contributed by atoms with Gasteiger partial charge in [-0.1, -0.05) is 0 Å². The Morgan fingerprint density at radius 1 is 1.29 bits per heavy atom. The van der Waals surface area contributed by atoms with E-state index in [0.29, 0.717) is 25.8 Å². The van der Waals surface area contributed by atoms with Crippen molar-refractivity contribution in [1.29, 1.82) is 0 Å². The number of hydrogen-bond acceptors (Lipinski definition) is 8. The van der Waals surface area contributed by atoms with Crippen LogP contribution in [-0.4, -0.2) is 43.4 Å². The topological polar surface area (TPSA) is 94.3 Å². The second-order valence-electron chi connectivity index (χ2n) is 4.50. The molecule has 4 N–H and O–H groups in total. The molecular weight excluding hydrogens is 290 g/mol. The summed E-state index contributed by atoms with van der Waals surface area (Å²) < 4.78 is 10.3. The number of anilines is 2. The summed E-state index contributed by atoms with van der Waals surface area (Å²) >= 11 is 1.62. The molecular formula is C13H21N5O2S. The Kier molecular flexibility index (Phi) is 6.12. The third-order valence-electron chi connectivity index (χ3n) is 2.83. The first-order valence-corrected chi connectivity index (χ1v) is 7.61. The van der Waals surface area contributed by atoms with Crippen molar-refractivity contribution in [3.63, 3.8) is 0 Å². The van der Waals surface area contributed by atoms with Crippen molar-refractivity contribution in [1.82, 2.24) is 9.97 Å². The van der Waals surface area contributed by atoms with E-state index in [1.807, 2.05) is 0 Å². The molecule has 116 valence electrons. The van der Waals surface area contributed by atoms with E-state index in [1.54, 1.807) is 18.4 Å². The molecule has 0 bridgehead atoms. The number of methoxy groups -OCH3 is 1. The maximum atomic E-state index is 5.42. The number of nitrogens with zero attached hydrogens (tertiary/aromatic N) is 2. The zero-order valence-corrected chi connectivity index (χ0v) is 13.1. The lowest BCUT2D eigenvalue weighted by Gasteiger charge is -2.08. The third-order valence-corrected chi connectivity index (χ3v) is 3.78. The van der Waals surface area contributed by atoms with Crippen LogP contribution >= 0.6 is 11.3 Å². The van der Waals surface area contributed by atoms with E-state index < -0.39 is 0 Å². The van der Waals surface area contributed by atoms with Crippen LogP contribution in [0.15, 0.2) is 6.07 Å². The number of rotatable bonds is 9. The van der Waals surface area contributed by atoms with Gasteiger partial charge in [0.2, 0.25) is 5.95 Å². The fraction of sp³-hybridized carbons (Fsp3) is 0.538. The van der Waals surface area contributed by atoms with E-state index in [0.717, 1.165) is 29.0 Å². The molecule has 0 aromatic carbocycles. The highest BCUT2D eigenvalue weighted by Gasteiger charge is 2.09. The number of nitrogens with two attached hydrogens (primary N) is 1. The van der Waals surface area contributed by atoms with Crippen molar-refractivity contribution >= 4 is 33.3 Å². The molecule has 0 fully saturated rings. The number of thiophene rings is 1. The fourth-order valence-corrected chi connectivity index (χ4v) is 2.75. The summed E-state index contributed by atoms with van der Waals surface area (Å²) in [5.41, 5.74) is 2.50. The summed E-state index contributed by atoms with van der Waals surface area (Å²) in [7, 11) is 1.66. The van der Waals surface area contributed by atoms with Gasteiger partial charge in [-0.3, -0.25) is 5.43 Å². The average molecular weight is 311 g/mol. The van der Waals surface area contributed by atoms with Gasteiger partial charge in [0.15, 0.2) is 0 Å². The molecule has 2 rings (SSSR count). The van der Waals surface area contributed by atoms with E-state index in [-0.39, 0.29) is 0 Å². The van der Waals surface area contributed by atoms with Crippen molar-refractivity contribution in [3.05, 3.63) is 10.9 Å². The number of fused-ring (bicyclic) bond motifs is 1. The maximum absolute atomic E-state index is 5.42. The molecule has 0 saturated heterocycles. The quantitative estimate of drug-likeness (QED) is 0.369. The summed E-state index contributed by atoms with van der Waals surface area (Å²) in [5.74, 6) is 6.63. The van der Waals surface area contributed by atoms with Crippen molar-refractivity contribution in [2.24, 2.45) is 5.84 Å². The van der Waals surface area contributed by atoms with Crippen LogP contribution in [-0.2, 0) is 9.47 Å². The van der Waals surface area contributed by atoms with Gasteiger partial charge in [0.1, 0.15) is 10.6 Å². The number of hydrazine groups is 1. The summed E-state index contributed by atoms with van der Waals surface area (Å²) in [6, 6.07) is 2.08. The van der Waals surface area contributed by atoms with Gasteiger partial charge in [0.05, 0.1) is 18.6 Å². The first-order chi connectivity index (χ1) is 10.2. The highest BCUT2D eigenvalue weighted by Crippen LogP contribution is 2.29. The van der Waals surface area contributed by atoms with Gasteiger partial charge in [-0.25, -0.2) is 10.8 Å². The lowest BCUT2D eigenvalue weighted by atomic mass is 10.3. The smallest absolute Gasteiger partial charge is 0.240 e. The number of hydrogen-bond donors (Lipinski definition) is 3. The average Bonchev–Trinajstić information content (AvgIpc) is 2.86. The molecule has 2 heterocycles. The normalized spacial score (nSPS) is 11.0. The number of nitrogen functional groups attached to an aromatic ring is 1. The number of ether oxygens (including phenoxy) is 2. The van der Waals surface area contributed by atoms with Crippen LogP contribution in [0.5, 0.6) is 0 Å². The van der Waals surface area contributed by atoms with Gasteiger partial charge in [-0.05, 0) is 19.4 Å². The molecule has 0 atom stereocenters. The minimum Gasteiger partial charge on any atom is -0.382 e. The Morgan fingerprint density at radius 3 is 2.90 bits per heavy atom. The standard InChI is InChI=1S/C13H21N5O2S/c1-9-8-10-11(15-4-3-5-20-7-6-19-2)16-13(18-14)17-12(10)21-9/h8H,3-7,14H2,1-2H3,(H2,15,16,17,18). The van der Waals surface area contributed by atoms with Gasteiger partial charge in [0, 0.05) is 25.1 Å². The number of aromatic nitrogens is 2. The molecule has 0 aliphatic carbocycles. The SMILES string of the molecule is COCCOCCCNc1nc(NN)nc2sc(C)cc12. The fourth-order valence-electron chi connectivity index (χ4n) is 1.87. The van der Waals surface area contributed by atoms with Crippen LogP contribution in [0.3, 0.4) is 0 Å². The van der Waals surface area contributed by atoms with Crippen LogP contribution in [0.4, 0.5) is 11.8 Å². The second-order valence-corrected chi connectivity index (χ2v) is 5.74. The zero-order valence-electron chi connectivity index (χ0n) is 12.3. The van der Waals surface area contributed by atoms with Crippen LogP contribution in [0.2, 0.25) is 0 Å². The van der Waals surface area contributed by atoms with Crippen molar-refractivity contribution < 1.29 is 9.47 Å². The van der Waals surface area contributed by atoms with Gasteiger partial charge < -0.3 is 14.8 Å². The van der Waals surface area contributed by atoms with Crippen molar-refractivity contribution in [3.8, 4) is 0 Å². The van der Waals surface area contributed by atoms with Gasteiger partial charge >= 0.3 is 0 Å². The van der Waals surface area contributed by atoms with Gasteiger partial charge in [-0.15, -0.1) is 11.3 Å². The summed E-state index contributed by atoms with van der Waals surface area (Å²) in [5, 5.41) is 4.34. The highest BCUT2D eigenvalue weighted by atomic mass is 32.1. The lowest BCUT2D eigenvalue weighted by Crippen LogP contribution is -2.13. The molecule has 0 aliphatic rings. The molecule has 0 unspecified atom stereocenters. The first kappa shape index (κ1) is 15.9. The summed E-state index contributed by atoms with van der Waals surface area (Å²) in [6.45, 7) is 4.77. The van der Waals surface area contributed by atoms with E-state index >= 15 is 0 Å². The highest BCUT2D eigenvalue weighted by molar-refractivity contribution is 7.18. The Morgan fingerprint density at radius 2 is 2.14 bits per heavy atom. The molecule has 2 aromatic heterocycles. The van der Waals surface area contributed by atoms with E-state index in [2.05, 4.69) is 33.7 Å².